The van der Waals surface area contributed by atoms with E-state index in [9.17, 15) is 10.2 Å². The van der Waals surface area contributed by atoms with Crippen molar-refractivity contribution in [1.82, 2.24) is 0 Å². The van der Waals surface area contributed by atoms with Crippen molar-refractivity contribution < 1.29 is 23.8 Å². The van der Waals surface area contributed by atoms with E-state index in [1.165, 1.54) is 0 Å². The Morgan fingerprint density at radius 3 is 1.64 bits per heavy atom. The van der Waals surface area contributed by atoms with Gasteiger partial charge in [-0.25, -0.2) is 0 Å². The summed E-state index contributed by atoms with van der Waals surface area (Å²) in [4.78, 5) is 2.79. The van der Waals surface area contributed by atoms with Crippen LogP contribution in [0.2, 0.25) is 51.4 Å². The average Bonchev–Trinajstić information content (AvgIpc) is 2.88. The van der Waals surface area contributed by atoms with E-state index in [2.05, 4.69) is 148 Å². The van der Waals surface area contributed by atoms with Gasteiger partial charge in [-0.15, -0.1) is 11.5 Å². The lowest BCUT2D eigenvalue weighted by molar-refractivity contribution is -0.173. The normalized spacial score (nSPS) is 23.9. The van der Waals surface area contributed by atoms with Crippen LogP contribution in [0.1, 0.15) is 103 Å². The van der Waals surface area contributed by atoms with Gasteiger partial charge < -0.3 is 23.8 Å². The van der Waals surface area contributed by atoms with E-state index in [1.807, 2.05) is 0 Å². The maximum absolute atomic E-state index is 11.9. The molecule has 0 aromatic rings. The number of hydrogen-bond acceptors (Lipinski definition) is 5. The zero-order chi connectivity index (χ0) is 34.4. The van der Waals surface area contributed by atoms with E-state index in [-0.39, 0.29) is 11.6 Å². The lowest BCUT2D eigenvalue weighted by Gasteiger charge is -2.49. The Morgan fingerprint density at radius 2 is 1.25 bits per heavy atom. The smallest absolute Gasteiger partial charge is 0.201 e. The molecule has 256 valence electrons. The van der Waals surface area contributed by atoms with Crippen LogP contribution in [0.4, 0.5) is 0 Å². The standard InChI is InChI=1S/C35H67BrO5Si3/c1-24(2)43(25(3)4,26(5)6)39-21-19-35(13,14)42(15,16)22-18-30-32(23-37)40-31(17-20-36)34(33(30)38)41-44(27(7)8,28(9)10)29(11)12/h24-34,37-38H,19,21,23H2,1-16H3/t30-,31+,32-,33+,34+/m1/s1. The van der Waals surface area contributed by atoms with E-state index >= 15 is 0 Å². The lowest BCUT2D eigenvalue weighted by atomic mass is 9.87. The van der Waals surface area contributed by atoms with Crippen LogP contribution in [0.5, 0.6) is 0 Å². The van der Waals surface area contributed by atoms with Crippen LogP contribution in [0, 0.1) is 28.1 Å². The largest absolute Gasteiger partial charge is 0.416 e. The number of rotatable bonds is 14. The minimum absolute atomic E-state index is 0.0187. The third-order valence-corrected chi connectivity index (χ3v) is 28.0. The minimum Gasteiger partial charge on any atom is -0.416 e. The van der Waals surface area contributed by atoms with Gasteiger partial charge in [0.1, 0.15) is 20.3 Å². The Balaban J connectivity index is 3.42. The summed E-state index contributed by atoms with van der Waals surface area (Å²) in [6.45, 7) is 37.1. The fourth-order valence-electron chi connectivity index (χ4n) is 7.96. The van der Waals surface area contributed by atoms with E-state index in [1.54, 1.807) is 0 Å². The molecule has 1 fully saturated rings. The molecule has 1 aliphatic heterocycles. The van der Waals surface area contributed by atoms with Crippen LogP contribution >= 0.6 is 15.9 Å². The highest BCUT2D eigenvalue weighted by Gasteiger charge is 2.53. The Morgan fingerprint density at radius 1 is 0.795 bits per heavy atom. The van der Waals surface area contributed by atoms with Gasteiger partial charge in [-0.3, -0.25) is 0 Å². The van der Waals surface area contributed by atoms with Gasteiger partial charge in [0.25, 0.3) is 0 Å². The molecule has 1 rings (SSSR count). The molecule has 0 unspecified atom stereocenters. The molecule has 0 saturated carbocycles. The maximum atomic E-state index is 11.9. The number of halogens is 1. The molecule has 0 aromatic heterocycles. The minimum atomic E-state index is -2.37. The van der Waals surface area contributed by atoms with E-state index in [0.717, 1.165) is 13.0 Å². The molecule has 1 saturated heterocycles. The number of aliphatic hydroxyl groups excluding tert-OH is 2. The van der Waals surface area contributed by atoms with Crippen molar-refractivity contribution >= 4 is 40.6 Å². The fraction of sp³-hybridized carbons (Fsp3) is 0.886. The third kappa shape index (κ3) is 8.94. The summed E-state index contributed by atoms with van der Waals surface area (Å²) in [7, 11) is -6.47. The molecule has 0 bridgehead atoms. The first-order chi connectivity index (χ1) is 20.1. The first kappa shape index (κ1) is 42.1. The van der Waals surface area contributed by atoms with Crippen molar-refractivity contribution in [3.63, 3.8) is 0 Å². The van der Waals surface area contributed by atoms with Crippen LogP contribution in [0.3, 0.4) is 0 Å². The van der Waals surface area contributed by atoms with Crippen LogP contribution in [-0.2, 0) is 13.6 Å². The summed E-state index contributed by atoms with van der Waals surface area (Å²) < 4.78 is 20.4. The van der Waals surface area contributed by atoms with Crippen molar-refractivity contribution in [2.45, 2.75) is 179 Å². The first-order valence-corrected chi connectivity index (χ1v) is 25.1. The van der Waals surface area contributed by atoms with Crippen molar-refractivity contribution in [1.29, 1.82) is 0 Å². The second kappa shape index (κ2) is 16.9. The highest BCUT2D eigenvalue weighted by atomic mass is 79.9. The molecule has 5 atom stereocenters. The van der Waals surface area contributed by atoms with Crippen LogP contribution in [0.25, 0.3) is 0 Å². The molecule has 0 aliphatic carbocycles. The Labute approximate surface area is 283 Å². The third-order valence-electron chi connectivity index (χ3n) is 11.2. The Bertz CT molecular complexity index is 975. The molecule has 1 heterocycles. The number of aliphatic hydroxyl groups is 2. The summed E-state index contributed by atoms with van der Waals surface area (Å²) in [5.74, 6) is 5.96. The van der Waals surface area contributed by atoms with Gasteiger partial charge in [0.15, 0.2) is 8.32 Å². The summed E-state index contributed by atoms with van der Waals surface area (Å²) in [6, 6.07) is 0. The molecule has 1 aliphatic rings. The predicted octanol–water partition coefficient (Wildman–Crippen LogP) is 9.25. The fourth-order valence-corrected chi connectivity index (χ4v) is 20.8. The topological polar surface area (TPSA) is 68.2 Å². The van der Waals surface area contributed by atoms with Gasteiger partial charge in [-0.1, -0.05) is 116 Å². The predicted molar refractivity (Wildman–Crippen MR) is 199 cm³/mol. The van der Waals surface area contributed by atoms with Crippen molar-refractivity contribution in [2.75, 3.05) is 13.2 Å². The van der Waals surface area contributed by atoms with Gasteiger partial charge in [0.05, 0.1) is 24.7 Å². The molecule has 5 nitrogen and oxygen atoms in total. The van der Waals surface area contributed by atoms with Gasteiger partial charge >= 0.3 is 0 Å². The molecular weight excluding hydrogens is 665 g/mol. The molecule has 0 radical (unpaired) electrons. The van der Waals surface area contributed by atoms with E-state index < -0.39 is 55.0 Å². The molecule has 0 spiro atoms. The summed E-state index contributed by atoms with van der Waals surface area (Å²) in [5, 5.41) is 22.3. The van der Waals surface area contributed by atoms with Gasteiger partial charge in [0, 0.05) is 22.5 Å². The monoisotopic (exact) mass is 730 g/mol. The summed E-state index contributed by atoms with van der Waals surface area (Å²) >= 11 is 3.23. The Kier molecular flexibility index (Phi) is 16.2. The van der Waals surface area contributed by atoms with Crippen molar-refractivity contribution in [3.8, 4) is 22.2 Å². The lowest BCUT2D eigenvalue weighted by Crippen LogP contribution is -2.61. The first-order valence-electron chi connectivity index (χ1n) is 17.0. The summed E-state index contributed by atoms with van der Waals surface area (Å²) in [6.07, 6.45) is -1.94. The molecule has 44 heavy (non-hydrogen) atoms. The van der Waals surface area contributed by atoms with Gasteiger partial charge in [-0.2, -0.15) is 0 Å². The van der Waals surface area contributed by atoms with Gasteiger partial charge in [-0.05, 0) is 49.5 Å². The van der Waals surface area contributed by atoms with Crippen LogP contribution in [0.15, 0.2) is 0 Å². The van der Waals surface area contributed by atoms with Crippen LogP contribution < -0.4 is 0 Å². The molecule has 0 aromatic carbocycles. The van der Waals surface area contributed by atoms with Crippen LogP contribution in [-0.4, -0.2) is 72.6 Å². The molecule has 2 N–H and O–H groups in total. The maximum Gasteiger partial charge on any atom is 0.201 e. The average molecular weight is 732 g/mol. The summed E-state index contributed by atoms with van der Waals surface area (Å²) in [5.41, 5.74) is 6.35. The second-order valence-corrected chi connectivity index (χ2v) is 32.2. The van der Waals surface area contributed by atoms with E-state index in [0.29, 0.717) is 33.2 Å². The zero-order valence-corrected chi connectivity index (χ0v) is 35.6. The quantitative estimate of drug-likeness (QED) is 0.138. The van der Waals surface area contributed by atoms with E-state index in [4.69, 9.17) is 13.6 Å². The molecular formula is C35H67BrO5Si3. The molecule has 0 amide bonds. The van der Waals surface area contributed by atoms with Crippen molar-refractivity contribution in [3.05, 3.63) is 0 Å². The second-order valence-electron chi connectivity index (χ2n) is 16.1. The number of ether oxygens (including phenoxy) is 1. The highest BCUT2D eigenvalue weighted by Crippen LogP contribution is 2.47. The highest BCUT2D eigenvalue weighted by molar-refractivity contribution is 9.12. The van der Waals surface area contributed by atoms with Crippen molar-refractivity contribution in [2.24, 2.45) is 5.92 Å². The SMILES string of the molecule is CC(C)[Si](OCCC(C)(C)[Si](C)(C)C#C[C@H]1[C@H](O)[C@@H](O[Si](C(C)C)(C(C)C)C(C)C)[C@H](C#CBr)O[C@@H]1CO)(C(C)C)C(C)C. The molecule has 9 heteroatoms. The van der Waals surface area contributed by atoms with Gasteiger partial charge in [0.2, 0.25) is 8.32 Å². The Hall–Kier alpha value is 0.0506. The zero-order valence-electron chi connectivity index (χ0n) is 31.0. The number of hydrogen-bond donors (Lipinski definition) is 2.